The molecule has 1 heterocycles. The van der Waals surface area contributed by atoms with E-state index < -0.39 is 18.1 Å². The fourth-order valence-corrected chi connectivity index (χ4v) is 1.40. The summed E-state index contributed by atoms with van der Waals surface area (Å²) in [5, 5.41) is -0.285. The number of carbonyl (C=O) groups excluding carboxylic acids is 1. The van der Waals surface area contributed by atoms with Gasteiger partial charge in [0.15, 0.2) is 0 Å². The van der Waals surface area contributed by atoms with Crippen LogP contribution in [-0.4, -0.2) is 17.6 Å². The lowest BCUT2D eigenvalue weighted by Gasteiger charge is -2.08. The highest BCUT2D eigenvalue weighted by atomic mass is 35.5. The average Bonchev–Trinajstić information content (AvgIpc) is 2.23. The maximum absolute atomic E-state index is 12.6. The fourth-order valence-electron chi connectivity index (χ4n) is 1.22. The van der Waals surface area contributed by atoms with Crippen LogP contribution < -0.4 is 5.73 Å². The van der Waals surface area contributed by atoms with Crippen LogP contribution in [0.3, 0.4) is 0 Å². The van der Waals surface area contributed by atoms with Gasteiger partial charge in [0.05, 0.1) is 29.4 Å². The second-order valence-electron chi connectivity index (χ2n) is 3.18. The molecule has 4 nitrogen and oxygen atoms in total. The maximum Gasteiger partial charge on any atom is 0.311 e. The lowest BCUT2D eigenvalue weighted by atomic mass is 10.2. The third-order valence-corrected chi connectivity index (χ3v) is 2.31. The number of hydrogen-bond donors (Lipinski definition) is 1. The number of carbonyl (C=O) groups is 1. The summed E-state index contributed by atoms with van der Waals surface area (Å²) in [6.45, 7) is 1.86. The van der Waals surface area contributed by atoms with Crippen LogP contribution in [0, 0.1) is 0 Å². The summed E-state index contributed by atoms with van der Waals surface area (Å²) in [4.78, 5) is 14.8. The molecule has 2 N–H and O–H groups in total. The highest BCUT2D eigenvalue weighted by Gasteiger charge is 2.18. The number of halogens is 3. The lowest BCUT2D eigenvalue weighted by Crippen LogP contribution is -2.10. The van der Waals surface area contributed by atoms with E-state index in [0.717, 1.165) is 0 Å². The zero-order valence-corrected chi connectivity index (χ0v) is 9.80. The average molecular weight is 265 g/mol. The number of rotatable bonds is 4. The van der Waals surface area contributed by atoms with E-state index in [9.17, 15) is 13.6 Å². The van der Waals surface area contributed by atoms with Crippen molar-refractivity contribution in [3.63, 3.8) is 0 Å². The van der Waals surface area contributed by atoms with Gasteiger partial charge < -0.3 is 10.5 Å². The molecule has 0 amide bonds. The largest absolute Gasteiger partial charge is 0.466 e. The molecule has 0 atom stereocenters. The van der Waals surface area contributed by atoms with E-state index in [1.54, 1.807) is 6.92 Å². The molecule has 0 unspecified atom stereocenters. The Bertz CT molecular complexity index is 427. The van der Waals surface area contributed by atoms with Gasteiger partial charge in [-0.3, -0.25) is 4.79 Å². The topological polar surface area (TPSA) is 65.2 Å². The van der Waals surface area contributed by atoms with E-state index in [1.165, 1.54) is 6.07 Å². The first-order chi connectivity index (χ1) is 7.95. The molecule has 0 saturated heterocycles. The summed E-state index contributed by atoms with van der Waals surface area (Å²) in [6.07, 6.45) is -3.05. The number of alkyl halides is 2. The predicted octanol–water partition coefficient (Wildman–Crippen LogP) is 2.36. The molecule has 1 aromatic heterocycles. The molecule has 0 bridgehead atoms. The third-order valence-electron chi connectivity index (χ3n) is 1.90. The van der Waals surface area contributed by atoms with Crippen molar-refractivity contribution < 1.29 is 18.3 Å². The zero-order valence-electron chi connectivity index (χ0n) is 9.04. The van der Waals surface area contributed by atoms with Crippen LogP contribution in [-0.2, 0) is 16.0 Å². The van der Waals surface area contributed by atoms with Crippen molar-refractivity contribution in [1.82, 2.24) is 4.98 Å². The molecule has 1 aromatic rings. The molecule has 94 valence electrons. The third kappa shape index (κ3) is 3.52. The Labute approximate surface area is 102 Å². The lowest BCUT2D eigenvalue weighted by molar-refractivity contribution is -0.142. The molecular formula is C10H11ClF2N2O2. The summed E-state index contributed by atoms with van der Waals surface area (Å²) in [6, 6.07) is 1.28. The number of nitrogen functional groups attached to an aromatic ring is 1. The molecule has 1 rings (SSSR count). The van der Waals surface area contributed by atoms with Gasteiger partial charge in [0.2, 0.25) is 0 Å². The molecule has 0 fully saturated rings. The number of nitrogens with two attached hydrogens (primary N) is 1. The van der Waals surface area contributed by atoms with Gasteiger partial charge in [-0.2, -0.15) is 0 Å². The highest BCUT2D eigenvalue weighted by molar-refractivity contribution is 6.33. The number of anilines is 1. The molecule has 17 heavy (non-hydrogen) atoms. The van der Waals surface area contributed by atoms with E-state index >= 15 is 0 Å². The molecule has 0 saturated carbocycles. The summed E-state index contributed by atoms with van der Waals surface area (Å²) >= 11 is 5.57. The Balaban J connectivity index is 2.98. The SMILES string of the molecule is CCOC(=O)Cc1cc(N)c(Cl)c(C(F)F)n1. The first-order valence-electron chi connectivity index (χ1n) is 4.84. The minimum atomic E-state index is -2.84. The molecule has 0 spiro atoms. The molecular weight excluding hydrogens is 254 g/mol. The van der Waals surface area contributed by atoms with Crippen molar-refractivity contribution in [2.75, 3.05) is 12.3 Å². The van der Waals surface area contributed by atoms with Crippen molar-refractivity contribution >= 4 is 23.3 Å². The first kappa shape index (κ1) is 13.6. The Morgan fingerprint density at radius 3 is 2.82 bits per heavy atom. The monoisotopic (exact) mass is 264 g/mol. The van der Waals surface area contributed by atoms with Gasteiger partial charge in [-0.15, -0.1) is 0 Å². The van der Waals surface area contributed by atoms with Crippen LogP contribution in [0.25, 0.3) is 0 Å². The van der Waals surface area contributed by atoms with Gasteiger partial charge >= 0.3 is 5.97 Å². The number of pyridine rings is 1. The van der Waals surface area contributed by atoms with Crippen LogP contribution in [0.4, 0.5) is 14.5 Å². The second-order valence-corrected chi connectivity index (χ2v) is 3.56. The van der Waals surface area contributed by atoms with Crippen molar-refractivity contribution in [2.24, 2.45) is 0 Å². The van der Waals surface area contributed by atoms with Crippen LogP contribution >= 0.6 is 11.6 Å². The predicted molar refractivity (Wildman–Crippen MR) is 59.0 cm³/mol. The van der Waals surface area contributed by atoms with Gasteiger partial charge in [-0.05, 0) is 13.0 Å². The van der Waals surface area contributed by atoms with Crippen LogP contribution in [0.5, 0.6) is 0 Å². The number of esters is 1. The Morgan fingerprint density at radius 1 is 1.65 bits per heavy atom. The smallest absolute Gasteiger partial charge is 0.311 e. The van der Waals surface area contributed by atoms with E-state index in [2.05, 4.69) is 9.72 Å². The normalized spacial score (nSPS) is 10.6. The van der Waals surface area contributed by atoms with Crippen molar-refractivity contribution in [1.29, 1.82) is 0 Å². The van der Waals surface area contributed by atoms with Gasteiger partial charge in [0.25, 0.3) is 6.43 Å². The van der Waals surface area contributed by atoms with E-state index in [1.807, 2.05) is 0 Å². The van der Waals surface area contributed by atoms with E-state index in [0.29, 0.717) is 0 Å². The highest BCUT2D eigenvalue weighted by Crippen LogP contribution is 2.30. The number of ether oxygens (including phenoxy) is 1. The summed E-state index contributed by atoms with van der Waals surface area (Å²) in [7, 11) is 0. The minimum absolute atomic E-state index is 0.0312. The summed E-state index contributed by atoms with van der Waals surface area (Å²) in [5.74, 6) is -0.554. The maximum atomic E-state index is 12.6. The second kappa shape index (κ2) is 5.77. The Kier molecular flexibility index (Phi) is 4.62. The first-order valence-corrected chi connectivity index (χ1v) is 5.22. The Morgan fingerprint density at radius 2 is 2.29 bits per heavy atom. The standard InChI is InChI=1S/C10H11ClF2N2O2/c1-2-17-7(16)4-5-3-6(14)8(11)9(15-5)10(12)13/h3,10H,2,4H2,1H3,(H2,14,15). The van der Waals surface area contributed by atoms with E-state index in [4.69, 9.17) is 17.3 Å². The number of nitrogens with zero attached hydrogens (tertiary/aromatic N) is 1. The van der Waals surface area contributed by atoms with E-state index in [-0.39, 0.29) is 29.4 Å². The molecule has 0 aliphatic rings. The van der Waals surface area contributed by atoms with Crippen molar-refractivity contribution in [3.05, 3.63) is 22.5 Å². The van der Waals surface area contributed by atoms with Crippen LogP contribution in [0.1, 0.15) is 24.7 Å². The quantitative estimate of drug-likeness (QED) is 0.848. The fraction of sp³-hybridized carbons (Fsp3) is 0.400. The van der Waals surface area contributed by atoms with Crippen LogP contribution in [0.2, 0.25) is 5.02 Å². The molecule has 7 heteroatoms. The molecule has 0 aliphatic heterocycles. The molecule has 0 aliphatic carbocycles. The van der Waals surface area contributed by atoms with Crippen molar-refractivity contribution in [2.45, 2.75) is 19.8 Å². The Hall–Kier alpha value is -1.43. The van der Waals surface area contributed by atoms with Gasteiger partial charge in [0, 0.05) is 0 Å². The molecule has 0 aromatic carbocycles. The number of aromatic nitrogens is 1. The van der Waals surface area contributed by atoms with Crippen LogP contribution in [0.15, 0.2) is 6.07 Å². The van der Waals surface area contributed by atoms with Crippen molar-refractivity contribution in [3.8, 4) is 0 Å². The van der Waals surface area contributed by atoms with Gasteiger partial charge in [-0.1, -0.05) is 11.6 Å². The number of hydrogen-bond acceptors (Lipinski definition) is 4. The van der Waals surface area contributed by atoms with Gasteiger partial charge in [-0.25, -0.2) is 13.8 Å². The zero-order chi connectivity index (χ0) is 13.0. The van der Waals surface area contributed by atoms with Gasteiger partial charge in [0.1, 0.15) is 5.69 Å². The summed E-state index contributed by atoms with van der Waals surface area (Å²) < 4.78 is 29.8. The minimum Gasteiger partial charge on any atom is -0.466 e. The molecule has 0 radical (unpaired) electrons. The summed E-state index contributed by atoms with van der Waals surface area (Å²) in [5.41, 5.74) is 4.91.